The molecule has 5 nitrogen and oxygen atoms in total. The summed E-state index contributed by atoms with van der Waals surface area (Å²) in [6.45, 7) is 11.0. The second kappa shape index (κ2) is 7.84. The fourth-order valence-electron chi connectivity index (χ4n) is 4.43. The topological polar surface area (TPSA) is 40.1 Å². The number of hydrogen-bond donors (Lipinski definition) is 1. The maximum absolute atomic E-state index is 6.05. The average Bonchev–Trinajstić information content (AvgIpc) is 3.16. The zero-order valence-corrected chi connectivity index (χ0v) is 15.1. The van der Waals surface area contributed by atoms with Gasteiger partial charge in [-0.25, -0.2) is 0 Å². The highest BCUT2D eigenvalue weighted by molar-refractivity contribution is 5.80. The van der Waals surface area contributed by atoms with Crippen molar-refractivity contribution >= 4 is 5.96 Å². The van der Waals surface area contributed by atoms with Crippen molar-refractivity contribution in [3.8, 4) is 0 Å². The molecule has 3 unspecified atom stereocenters. The van der Waals surface area contributed by atoms with Gasteiger partial charge in [0.05, 0.1) is 12.7 Å². The van der Waals surface area contributed by atoms with Crippen LogP contribution in [0.5, 0.6) is 0 Å². The minimum atomic E-state index is 0.301. The highest BCUT2D eigenvalue weighted by Crippen LogP contribution is 2.24. The Kier molecular flexibility index (Phi) is 5.81. The van der Waals surface area contributed by atoms with E-state index < -0.39 is 0 Å². The monoisotopic (exact) mass is 322 g/mol. The first-order valence-electron chi connectivity index (χ1n) is 9.47. The highest BCUT2D eigenvalue weighted by atomic mass is 16.5. The van der Waals surface area contributed by atoms with E-state index in [-0.39, 0.29) is 0 Å². The van der Waals surface area contributed by atoms with E-state index in [2.05, 4.69) is 34.0 Å². The molecule has 0 aliphatic carbocycles. The predicted molar refractivity (Wildman–Crippen MR) is 94.8 cm³/mol. The van der Waals surface area contributed by atoms with E-state index in [4.69, 9.17) is 4.74 Å². The van der Waals surface area contributed by atoms with Gasteiger partial charge in [-0.1, -0.05) is 13.8 Å². The van der Waals surface area contributed by atoms with Crippen LogP contribution < -0.4 is 5.32 Å². The minimum Gasteiger partial charge on any atom is -0.373 e. The van der Waals surface area contributed by atoms with Crippen LogP contribution in [0.4, 0.5) is 0 Å². The van der Waals surface area contributed by atoms with Gasteiger partial charge >= 0.3 is 0 Å². The first-order valence-corrected chi connectivity index (χ1v) is 9.47. The fraction of sp³-hybridized carbons (Fsp3) is 0.944. The maximum Gasteiger partial charge on any atom is 0.193 e. The summed E-state index contributed by atoms with van der Waals surface area (Å²) < 4.78 is 6.05. The zero-order valence-electron chi connectivity index (χ0n) is 15.1. The predicted octanol–water partition coefficient (Wildman–Crippen LogP) is 1.79. The molecule has 5 heteroatoms. The number of morpholine rings is 1. The molecule has 0 amide bonds. The summed E-state index contributed by atoms with van der Waals surface area (Å²) in [6, 6.07) is 0.681. The second-order valence-corrected chi connectivity index (χ2v) is 7.90. The molecule has 0 aromatic heterocycles. The van der Waals surface area contributed by atoms with Gasteiger partial charge in [-0.15, -0.1) is 0 Å². The normalized spacial score (nSPS) is 32.6. The van der Waals surface area contributed by atoms with E-state index in [0.717, 1.165) is 50.6 Å². The van der Waals surface area contributed by atoms with E-state index in [1.54, 1.807) is 0 Å². The Morgan fingerprint density at radius 1 is 1.26 bits per heavy atom. The standard InChI is InChI=1S/C18H34N4O/c1-14(2)9-15-6-8-22(11-15)18(19-3)20-10-17-12-21-7-4-5-16(21)13-23-17/h14-17H,4-13H2,1-3H3,(H,19,20). The lowest BCUT2D eigenvalue weighted by Crippen LogP contribution is -2.51. The molecule has 3 heterocycles. The summed E-state index contributed by atoms with van der Waals surface area (Å²) in [7, 11) is 1.90. The Balaban J connectivity index is 1.43. The molecule has 3 atom stereocenters. The van der Waals surface area contributed by atoms with E-state index in [1.807, 2.05) is 7.05 Å². The van der Waals surface area contributed by atoms with Crippen molar-refractivity contribution < 1.29 is 4.74 Å². The molecular formula is C18H34N4O. The number of likely N-dealkylation sites (tertiary alicyclic amines) is 1. The molecule has 0 radical (unpaired) electrons. The van der Waals surface area contributed by atoms with Gasteiger partial charge in [-0.3, -0.25) is 9.89 Å². The summed E-state index contributed by atoms with van der Waals surface area (Å²) in [5.74, 6) is 2.67. The third kappa shape index (κ3) is 4.38. The molecule has 1 N–H and O–H groups in total. The second-order valence-electron chi connectivity index (χ2n) is 7.90. The van der Waals surface area contributed by atoms with Crippen LogP contribution in [0.2, 0.25) is 0 Å². The molecular weight excluding hydrogens is 288 g/mol. The van der Waals surface area contributed by atoms with Gasteiger partial charge in [0, 0.05) is 39.3 Å². The smallest absolute Gasteiger partial charge is 0.193 e. The van der Waals surface area contributed by atoms with Crippen molar-refractivity contribution in [2.24, 2.45) is 16.8 Å². The van der Waals surface area contributed by atoms with E-state index in [1.165, 1.54) is 32.2 Å². The number of ether oxygens (including phenoxy) is 1. The molecule has 0 bridgehead atoms. The number of hydrogen-bond acceptors (Lipinski definition) is 3. The van der Waals surface area contributed by atoms with Gasteiger partial charge in [-0.05, 0) is 44.1 Å². The first-order chi connectivity index (χ1) is 11.2. The number of rotatable bonds is 4. The van der Waals surface area contributed by atoms with Crippen molar-refractivity contribution in [1.82, 2.24) is 15.1 Å². The first kappa shape index (κ1) is 17.0. The average molecular weight is 322 g/mol. The van der Waals surface area contributed by atoms with Crippen LogP contribution in [0.1, 0.15) is 39.5 Å². The quantitative estimate of drug-likeness (QED) is 0.633. The summed E-state index contributed by atoms with van der Waals surface area (Å²) >= 11 is 0. The van der Waals surface area contributed by atoms with Crippen LogP contribution in [-0.4, -0.2) is 74.3 Å². The summed E-state index contributed by atoms with van der Waals surface area (Å²) in [6.07, 6.45) is 5.58. The van der Waals surface area contributed by atoms with Gasteiger partial charge in [0.15, 0.2) is 5.96 Å². The summed E-state index contributed by atoms with van der Waals surface area (Å²) in [4.78, 5) is 9.53. The number of nitrogens with one attached hydrogen (secondary N) is 1. The Morgan fingerprint density at radius 3 is 2.91 bits per heavy atom. The van der Waals surface area contributed by atoms with Crippen molar-refractivity contribution in [3.05, 3.63) is 0 Å². The van der Waals surface area contributed by atoms with Gasteiger partial charge in [0.2, 0.25) is 0 Å². The van der Waals surface area contributed by atoms with Gasteiger partial charge in [0.25, 0.3) is 0 Å². The summed E-state index contributed by atoms with van der Waals surface area (Å²) in [5.41, 5.74) is 0. The lowest BCUT2D eigenvalue weighted by atomic mass is 9.97. The van der Waals surface area contributed by atoms with Crippen LogP contribution in [0.3, 0.4) is 0 Å². The van der Waals surface area contributed by atoms with Crippen molar-refractivity contribution in [1.29, 1.82) is 0 Å². The van der Waals surface area contributed by atoms with Crippen LogP contribution in [-0.2, 0) is 4.74 Å². The molecule has 3 rings (SSSR count). The Hall–Kier alpha value is -0.810. The van der Waals surface area contributed by atoms with Gasteiger partial charge in [0.1, 0.15) is 0 Å². The van der Waals surface area contributed by atoms with Gasteiger partial charge < -0.3 is 15.0 Å². The molecule has 3 aliphatic heterocycles. The molecule has 0 spiro atoms. The Bertz CT molecular complexity index is 412. The lowest BCUT2D eigenvalue weighted by Gasteiger charge is -2.35. The molecule has 23 heavy (non-hydrogen) atoms. The van der Waals surface area contributed by atoms with Crippen LogP contribution >= 0.6 is 0 Å². The van der Waals surface area contributed by atoms with Crippen molar-refractivity contribution in [3.63, 3.8) is 0 Å². The molecule has 3 fully saturated rings. The molecule has 3 aliphatic rings. The number of aliphatic imine (C=N–C) groups is 1. The van der Waals surface area contributed by atoms with Gasteiger partial charge in [-0.2, -0.15) is 0 Å². The zero-order chi connectivity index (χ0) is 16.2. The van der Waals surface area contributed by atoms with Crippen LogP contribution in [0.25, 0.3) is 0 Å². The van der Waals surface area contributed by atoms with Crippen molar-refractivity contribution in [2.75, 3.05) is 46.4 Å². The molecule has 0 aromatic rings. The van der Waals surface area contributed by atoms with Crippen molar-refractivity contribution in [2.45, 2.75) is 51.7 Å². The minimum absolute atomic E-state index is 0.301. The number of guanidine groups is 1. The molecule has 132 valence electrons. The largest absolute Gasteiger partial charge is 0.373 e. The van der Waals surface area contributed by atoms with Crippen LogP contribution in [0, 0.1) is 11.8 Å². The number of fused-ring (bicyclic) bond motifs is 1. The lowest BCUT2D eigenvalue weighted by molar-refractivity contribution is -0.0454. The van der Waals surface area contributed by atoms with E-state index in [9.17, 15) is 0 Å². The fourth-order valence-corrected chi connectivity index (χ4v) is 4.43. The molecule has 0 saturated carbocycles. The highest BCUT2D eigenvalue weighted by Gasteiger charge is 2.32. The summed E-state index contributed by atoms with van der Waals surface area (Å²) in [5, 5.41) is 3.56. The van der Waals surface area contributed by atoms with E-state index in [0.29, 0.717) is 12.1 Å². The molecule has 0 aromatic carbocycles. The Morgan fingerprint density at radius 2 is 2.13 bits per heavy atom. The number of nitrogens with zero attached hydrogens (tertiary/aromatic N) is 3. The molecule has 3 saturated heterocycles. The third-order valence-electron chi connectivity index (χ3n) is 5.55. The SMILES string of the molecule is CN=C(NCC1CN2CCCC2CO1)N1CCC(CC(C)C)C1. The maximum atomic E-state index is 6.05. The van der Waals surface area contributed by atoms with E-state index >= 15 is 0 Å². The third-order valence-corrected chi connectivity index (χ3v) is 5.55. The Labute approximate surface area is 141 Å². The van der Waals surface area contributed by atoms with Crippen LogP contribution in [0.15, 0.2) is 4.99 Å².